The first-order valence-electron chi connectivity index (χ1n) is 13.9. The molecule has 5 rings (SSSR count). The van der Waals surface area contributed by atoms with Gasteiger partial charge in [-0.1, -0.05) is 37.3 Å². The average Bonchev–Trinajstić information content (AvgIpc) is 2.93. The largest absolute Gasteiger partial charge is 0.457 e. The fraction of sp³-hybridized carbons (Fsp3) is 0.567. The van der Waals surface area contributed by atoms with Gasteiger partial charge in [-0.3, -0.25) is 15.0 Å². The lowest BCUT2D eigenvalue weighted by Crippen LogP contribution is -2.59. The highest BCUT2D eigenvalue weighted by molar-refractivity contribution is 5.79. The molecule has 5 atom stereocenters. The molecule has 3 N–H and O–H groups in total. The molecule has 0 bridgehead atoms. The predicted molar refractivity (Wildman–Crippen MR) is 145 cm³/mol. The topological polar surface area (TPSA) is 74.9 Å². The van der Waals surface area contributed by atoms with Gasteiger partial charge in [-0.05, 0) is 81.1 Å². The minimum Gasteiger partial charge on any atom is -0.457 e. The van der Waals surface area contributed by atoms with Gasteiger partial charge in [0.25, 0.3) is 0 Å². The van der Waals surface area contributed by atoms with Gasteiger partial charge in [0.2, 0.25) is 5.91 Å². The van der Waals surface area contributed by atoms with Crippen molar-refractivity contribution in [3.8, 4) is 11.5 Å². The van der Waals surface area contributed by atoms with Crippen molar-refractivity contribution in [3.05, 3.63) is 60.2 Å². The average molecular weight is 507 g/mol. The summed E-state index contributed by atoms with van der Waals surface area (Å²) >= 11 is 0. The number of rotatable bonds is 7. The van der Waals surface area contributed by atoms with E-state index in [1.54, 1.807) is 0 Å². The highest BCUT2D eigenvalue weighted by Crippen LogP contribution is 2.33. The number of ether oxygens (including phenoxy) is 2. The van der Waals surface area contributed by atoms with Crippen LogP contribution in [0.25, 0.3) is 0 Å². The summed E-state index contributed by atoms with van der Waals surface area (Å²) in [6, 6.07) is 18.1. The van der Waals surface area contributed by atoms with Crippen molar-refractivity contribution in [1.82, 2.24) is 20.9 Å². The molecular formula is C30H42N4O3. The lowest BCUT2D eigenvalue weighted by atomic mass is 9.76. The van der Waals surface area contributed by atoms with Gasteiger partial charge in [-0.25, -0.2) is 0 Å². The van der Waals surface area contributed by atoms with Gasteiger partial charge in [0.1, 0.15) is 17.7 Å². The van der Waals surface area contributed by atoms with Crippen LogP contribution in [0.3, 0.4) is 0 Å². The van der Waals surface area contributed by atoms with Crippen molar-refractivity contribution in [2.45, 2.75) is 45.1 Å². The van der Waals surface area contributed by atoms with E-state index in [4.69, 9.17) is 9.47 Å². The molecule has 5 unspecified atom stereocenters. The molecule has 0 spiro atoms. The van der Waals surface area contributed by atoms with Crippen molar-refractivity contribution in [2.24, 2.45) is 23.7 Å². The summed E-state index contributed by atoms with van der Waals surface area (Å²) in [6.45, 7) is 7.58. The highest BCUT2D eigenvalue weighted by Gasteiger charge is 2.41. The molecule has 0 radical (unpaired) electrons. The summed E-state index contributed by atoms with van der Waals surface area (Å²) in [5.41, 5.74) is 1.23. The van der Waals surface area contributed by atoms with Crippen LogP contribution in [0.5, 0.6) is 11.5 Å². The van der Waals surface area contributed by atoms with Crippen LogP contribution < -0.4 is 20.7 Å². The van der Waals surface area contributed by atoms with E-state index in [0.29, 0.717) is 18.4 Å². The molecule has 0 saturated carbocycles. The number of para-hydroxylation sites is 1. The molecule has 3 aliphatic rings. The fourth-order valence-electron chi connectivity index (χ4n) is 6.05. The van der Waals surface area contributed by atoms with Crippen LogP contribution in [0, 0.1) is 23.7 Å². The summed E-state index contributed by atoms with van der Waals surface area (Å²) < 4.78 is 12.6. The number of carbonyl (C=O) groups excluding carboxylic acids is 1. The molecular weight excluding hydrogens is 464 g/mol. The number of amides is 1. The van der Waals surface area contributed by atoms with Crippen molar-refractivity contribution in [3.63, 3.8) is 0 Å². The van der Waals surface area contributed by atoms with E-state index in [1.165, 1.54) is 18.4 Å². The van der Waals surface area contributed by atoms with Crippen molar-refractivity contribution in [2.75, 3.05) is 39.8 Å². The zero-order valence-corrected chi connectivity index (χ0v) is 22.2. The Morgan fingerprint density at radius 2 is 1.70 bits per heavy atom. The van der Waals surface area contributed by atoms with Crippen molar-refractivity contribution in [1.29, 1.82) is 0 Å². The van der Waals surface area contributed by atoms with Crippen LogP contribution in [0.1, 0.15) is 31.7 Å². The number of carbonyl (C=O) groups is 1. The molecule has 2 aromatic carbocycles. The summed E-state index contributed by atoms with van der Waals surface area (Å²) in [5, 5.41) is 10.3. The van der Waals surface area contributed by atoms with Crippen molar-refractivity contribution < 1.29 is 14.3 Å². The Kier molecular flexibility index (Phi) is 8.77. The maximum atomic E-state index is 13.0. The van der Waals surface area contributed by atoms with E-state index in [9.17, 15) is 4.79 Å². The Bertz CT molecular complexity index is 996. The van der Waals surface area contributed by atoms with Crippen LogP contribution >= 0.6 is 0 Å². The maximum absolute atomic E-state index is 13.0. The molecule has 3 heterocycles. The summed E-state index contributed by atoms with van der Waals surface area (Å²) in [7, 11) is 2.14. The van der Waals surface area contributed by atoms with Crippen molar-refractivity contribution >= 4 is 5.91 Å². The zero-order chi connectivity index (χ0) is 25.6. The Hall–Kier alpha value is -2.45. The number of piperidine rings is 2. The Morgan fingerprint density at radius 1 is 0.973 bits per heavy atom. The second-order valence-corrected chi connectivity index (χ2v) is 11.2. The Balaban J connectivity index is 1.16. The van der Waals surface area contributed by atoms with Gasteiger partial charge in [0, 0.05) is 32.1 Å². The standard InChI is InChI=1S/C30H42N4O3/c1-21-17-32-29(35)27-16-24(23-12-14-31-15-13-23)18-33-30(27)37-28(21)20-34(2)19-22-8-10-26(11-9-22)36-25-6-4-3-5-7-25/h3-11,21,23-24,27-28,30-31,33H,12-20H2,1-2H3,(H,32,35). The highest BCUT2D eigenvalue weighted by atomic mass is 16.5. The number of fused-ring (bicyclic) bond motifs is 1. The predicted octanol–water partition coefficient (Wildman–Crippen LogP) is 3.61. The Labute approximate surface area is 221 Å². The van der Waals surface area contributed by atoms with Gasteiger partial charge in [0.15, 0.2) is 0 Å². The van der Waals surface area contributed by atoms with Crippen LogP contribution in [0.2, 0.25) is 0 Å². The molecule has 1 amide bonds. The van der Waals surface area contributed by atoms with E-state index in [1.807, 2.05) is 42.5 Å². The summed E-state index contributed by atoms with van der Waals surface area (Å²) in [5.74, 6) is 3.17. The minimum absolute atomic E-state index is 0.0433. The number of hydrogen-bond donors (Lipinski definition) is 3. The van der Waals surface area contributed by atoms with Gasteiger partial charge in [-0.15, -0.1) is 0 Å². The molecule has 37 heavy (non-hydrogen) atoms. The molecule has 2 aromatic rings. The first-order valence-corrected chi connectivity index (χ1v) is 13.9. The van der Waals surface area contributed by atoms with Crippen LogP contribution in [-0.4, -0.2) is 62.9 Å². The van der Waals surface area contributed by atoms with E-state index < -0.39 is 0 Å². The molecule has 0 aromatic heterocycles. The third-order valence-corrected chi connectivity index (χ3v) is 8.29. The maximum Gasteiger partial charge on any atom is 0.227 e. The van der Waals surface area contributed by atoms with E-state index >= 15 is 0 Å². The molecule has 3 aliphatic heterocycles. The fourth-order valence-corrected chi connectivity index (χ4v) is 6.05. The molecule has 7 heteroatoms. The molecule has 3 fully saturated rings. The van der Waals surface area contributed by atoms with Gasteiger partial charge in [0.05, 0.1) is 12.0 Å². The molecule has 7 nitrogen and oxygen atoms in total. The first-order chi connectivity index (χ1) is 18.0. The normalized spacial score (nSPS) is 29.2. The van der Waals surface area contributed by atoms with E-state index in [0.717, 1.165) is 50.6 Å². The van der Waals surface area contributed by atoms with Crippen LogP contribution in [0.4, 0.5) is 0 Å². The second kappa shape index (κ2) is 12.4. The Morgan fingerprint density at radius 3 is 2.46 bits per heavy atom. The van der Waals surface area contributed by atoms with Gasteiger partial charge >= 0.3 is 0 Å². The number of benzene rings is 2. The smallest absolute Gasteiger partial charge is 0.227 e. The SMILES string of the molecule is CC1CNC(=O)C2CC(C3CCNCC3)CNC2OC1CN(C)Cc1ccc(Oc2ccccc2)cc1. The van der Waals surface area contributed by atoms with Gasteiger partial charge < -0.3 is 20.1 Å². The lowest BCUT2D eigenvalue weighted by Gasteiger charge is -2.44. The summed E-state index contributed by atoms with van der Waals surface area (Å²) in [6.07, 6.45) is 3.16. The number of nitrogens with one attached hydrogen (secondary N) is 3. The molecule has 200 valence electrons. The van der Waals surface area contributed by atoms with E-state index in [-0.39, 0.29) is 30.1 Å². The quantitative estimate of drug-likeness (QED) is 0.533. The molecule has 3 saturated heterocycles. The van der Waals surface area contributed by atoms with Crippen LogP contribution in [0.15, 0.2) is 54.6 Å². The van der Waals surface area contributed by atoms with Gasteiger partial charge in [-0.2, -0.15) is 0 Å². The zero-order valence-electron chi connectivity index (χ0n) is 22.2. The third-order valence-electron chi connectivity index (χ3n) is 8.29. The number of likely N-dealkylation sites (N-methyl/N-ethyl adjacent to an activating group) is 1. The lowest BCUT2D eigenvalue weighted by molar-refractivity contribution is -0.151. The van der Waals surface area contributed by atoms with Crippen LogP contribution in [-0.2, 0) is 16.1 Å². The minimum atomic E-state index is -0.214. The monoisotopic (exact) mass is 506 g/mol. The first kappa shape index (κ1) is 26.2. The van der Waals surface area contributed by atoms with E-state index in [2.05, 4.69) is 47.0 Å². The summed E-state index contributed by atoms with van der Waals surface area (Å²) in [4.78, 5) is 15.3. The molecule has 0 aliphatic carbocycles. The second-order valence-electron chi connectivity index (χ2n) is 11.2. The third kappa shape index (κ3) is 6.90. The number of nitrogens with zero attached hydrogens (tertiary/aromatic N) is 1. The number of hydrogen-bond acceptors (Lipinski definition) is 6.